The number of aromatic nitrogens is 1. The van der Waals surface area contributed by atoms with Gasteiger partial charge in [-0.25, -0.2) is 0 Å². The fourth-order valence-electron chi connectivity index (χ4n) is 2.71. The van der Waals surface area contributed by atoms with Crippen LogP contribution in [0.1, 0.15) is 63.1 Å². The first kappa shape index (κ1) is 16.8. The minimum atomic E-state index is -0.522. The first-order valence-corrected chi connectivity index (χ1v) is 9.16. The van der Waals surface area contributed by atoms with Crippen molar-refractivity contribution in [3.05, 3.63) is 23.5 Å². The van der Waals surface area contributed by atoms with Crippen LogP contribution in [-0.2, 0) is 11.3 Å². The number of rotatable bonds is 8. The number of aryl methyl sites for hydroxylation is 1. The number of unbranched alkanes of at least 4 members (excludes halogenated alkanes) is 5. The van der Waals surface area contributed by atoms with Gasteiger partial charge in [0.15, 0.2) is 0 Å². The van der Waals surface area contributed by atoms with Crippen LogP contribution in [0.2, 0.25) is 0 Å². The molecule has 1 unspecified atom stereocenters. The molecule has 1 aromatic heterocycles. The van der Waals surface area contributed by atoms with Crippen LogP contribution >= 0.6 is 15.9 Å². The molecule has 1 atom stereocenters. The van der Waals surface area contributed by atoms with Crippen LogP contribution in [-0.4, -0.2) is 16.1 Å². The van der Waals surface area contributed by atoms with E-state index in [1.807, 2.05) is 19.2 Å². The molecule has 0 N–H and O–H groups in total. The molecular weight excluding hydrogens is 330 g/mol. The van der Waals surface area contributed by atoms with Gasteiger partial charge in [0, 0.05) is 18.2 Å². The Bertz CT molecular complexity index is 452. The number of fused-ring (bicyclic) bond motifs is 1. The molecule has 1 aliphatic rings. The molecule has 2 rings (SSSR count). The van der Waals surface area contributed by atoms with Gasteiger partial charge < -0.3 is 9.47 Å². The quantitative estimate of drug-likeness (QED) is 0.477. The highest BCUT2D eigenvalue weighted by atomic mass is 79.9. The van der Waals surface area contributed by atoms with Gasteiger partial charge >= 0.3 is 0 Å². The van der Waals surface area contributed by atoms with Gasteiger partial charge in [-0.05, 0) is 19.4 Å². The van der Waals surface area contributed by atoms with Crippen LogP contribution in [0.4, 0.5) is 0 Å². The highest BCUT2D eigenvalue weighted by Crippen LogP contribution is 2.36. The van der Waals surface area contributed by atoms with E-state index in [0.29, 0.717) is 11.9 Å². The Kier molecular flexibility index (Phi) is 6.49. The molecule has 0 amide bonds. The van der Waals surface area contributed by atoms with Crippen molar-refractivity contribution in [1.82, 2.24) is 4.98 Å². The average molecular weight is 356 g/mol. The standard InChI is InChI=1S/C17H26BrNO2/c1-3-4-5-6-7-8-10-17(13-18)20-12-15-9-11-19-14(2)16(15)21-17/h9,11H,3-8,10,12-13H2,1-2H3. The number of alkyl halides is 1. The van der Waals surface area contributed by atoms with Crippen molar-refractivity contribution >= 4 is 15.9 Å². The monoisotopic (exact) mass is 355 g/mol. The highest BCUT2D eigenvalue weighted by molar-refractivity contribution is 9.09. The highest BCUT2D eigenvalue weighted by Gasteiger charge is 2.37. The lowest BCUT2D eigenvalue weighted by Crippen LogP contribution is -2.44. The molecule has 0 aromatic carbocycles. The van der Waals surface area contributed by atoms with Crippen molar-refractivity contribution in [2.75, 3.05) is 5.33 Å². The maximum absolute atomic E-state index is 6.20. The zero-order valence-electron chi connectivity index (χ0n) is 13.2. The van der Waals surface area contributed by atoms with Crippen molar-refractivity contribution in [2.24, 2.45) is 0 Å². The molecule has 0 radical (unpaired) electrons. The Morgan fingerprint density at radius 2 is 2.00 bits per heavy atom. The average Bonchev–Trinajstić information content (AvgIpc) is 2.51. The predicted octanol–water partition coefficient (Wildman–Crippen LogP) is 5.14. The van der Waals surface area contributed by atoms with Gasteiger partial charge in [-0.3, -0.25) is 4.98 Å². The van der Waals surface area contributed by atoms with E-state index in [1.54, 1.807) is 0 Å². The van der Waals surface area contributed by atoms with Crippen LogP contribution in [0.15, 0.2) is 12.3 Å². The van der Waals surface area contributed by atoms with Crippen LogP contribution in [0.3, 0.4) is 0 Å². The van der Waals surface area contributed by atoms with E-state index >= 15 is 0 Å². The zero-order chi connectivity index (χ0) is 15.1. The number of pyridine rings is 1. The third-order valence-electron chi connectivity index (χ3n) is 4.06. The summed E-state index contributed by atoms with van der Waals surface area (Å²) in [4.78, 5) is 4.33. The smallest absolute Gasteiger partial charge is 0.220 e. The van der Waals surface area contributed by atoms with E-state index in [2.05, 4.69) is 27.8 Å². The fourth-order valence-corrected chi connectivity index (χ4v) is 3.27. The summed E-state index contributed by atoms with van der Waals surface area (Å²) in [5, 5.41) is 0.697. The third kappa shape index (κ3) is 4.43. The molecule has 0 saturated carbocycles. The minimum Gasteiger partial charge on any atom is -0.459 e. The Morgan fingerprint density at radius 1 is 1.24 bits per heavy atom. The van der Waals surface area contributed by atoms with Crippen molar-refractivity contribution in [3.63, 3.8) is 0 Å². The largest absolute Gasteiger partial charge is 0.459 e. The van der Waals surface area contributed by atoms with E-state index in [0.717, 1.165) is 29.8 Å². The summed E-state index contributed by atoms with van der Waals surface area (Å²) in [7, 11) is 0. The molecule has 1 aromatic rings. The molecule has 0 spiro atoms. The molecule has 118 valence electrons. The molecule has 0 saturated heterocycles. The molecular formula is C17H26BrNO2. The zero-order valence-corrected chi connectivity index (χ0v) is 14.7. The summed E-state index contributed by atoms with van der Waals surface area (Å²) >= 11 is 3.57. The Balaban J connectivity index is 1.89. The second-order valence-electron chi connectivity index (χ2n) is 5.84. The lowest BCUT2D eigenvalue weighted by molar-refractivity contribution is -0.194. The van der Waals surface area contributed by atoms with E-state index in [9.17, 15) is 0 Å². The van der Waals surface area contributed by atoms with Crippen molar-refractivity contribution in [2.45, 2.75) is 71.2 Å². The molecule has 0 aliphatic carbocycles. The molecule has 1 aliphatic heterocycles. The van der Waals surface area contributed by atoms with E-state index in [1.165, 1.54) is 32.1 Å². The van der Waals surface area contributed by atoms with Crippen LogP contribution in [0.5, 0.6) is 5.75 Å². The summed E-state index contributed by atoms with van der Waals surface area (Å²) < 4.78 is 12.2. The van der Waals surface area contributed by atoms with Gasteiger partial charge in [0.2, 0.25) is 5.79 Å². The van der Waals surface area contributed by atoms with Crippen molar-refractivity contribution < 1.29 is 9.47 Å². The van der Waals surface area contributed by atoms with Crippen LogP contribution in [0, 0.1) is 6.92 Å². The van der Waals surface area contributed by atoms with Gasteiger partial charge in [-0.1, -0.05) is 55.0 Å². The minimum absolute atomic E-state index is 0.522. The lowest BCUT2D eigenvalue weighted by Gasteiger charge is -2.37. The Labute approximate surface area is 136 Å². The van der Waals surface area contributed by atoms with E-state index in [-0.39, 0.29) is 0 Å². The fraction of sp³-hybridized carbons (Fsp3) is 0.706. The van der Waals surface area contributed by atoms with Gasteiger partial charge in [-0.15, -0.1) is 0 Å². The number of hydrogen-bond acceptors (Lipinski definition) is 3. The Hall–Kier alpha value is -0.610. The maximum atomic E-state index is 6.20. The number of ether oxygens (including phenoxy) is 2. The summed E-state index contributed by atoms with van der Waals surface area (Å²) in [5.74, 6) is 0.389. The summed E-state index contributed by atoms with van der Waals surface area (Å²) in [6.07, 6.45) is 10.4. The predicted molar refractivity (Wildman–Crippen MR) is 88.9 cm³/mol. The SMILES string of the molecule is CCCCCCCCC1(CBr)OCc2ccnc(C)c2O1. The first-order valence-electron chi connectivity index (χ1n) is 8.04. The van der Waals surface area contributed by atoms with Gasteiger partial charge in [0.25, 0.3) is 0 Å². The number of hydrogen-bond donors (Lipinski definition) is 0. The second kappa shape index (κ2) is 8.14. The summed E-state index contributed by atoms with van der Waals surface area (Å²) in [6.45, 7) is 4.85. The van der Waals surface area contributed by atoms with Crippen LogP contribution < -0.4 is 4.74 Å². The molecule has 2 heterocycles. The molecule has 21 heavy (non-hydrogen) atoms. The van der Waals surface area contributed by atoms with Crippen LogP contribution in [0.25, 0.3) is 0 Å². The molecule has 0 bridgehead atoms. The van der Waals surface area contributed by atoms with E-state index < -0.39 is 5.79 Å². The van der Waals surface area contributed by atoms with Crippen molar-refractivity contribution in [1.29, 1.82) is 0 Å². The van der Waals surface area contributed by atoms with Crippen molar-refractivity contribution in [3.8, 4) is 5.75 Å². The van der Waals surface area contributed by atoms with Gasteiger partial charge in [0.05, 0.1) is 17.6 Å². The van der Waals surface area contributed by atoms with Gasteiger partial charge in [0.1, 0.15) is 5.75 Å². The van der Waals surface area contributed by atoms with E-state index in [4.69, 9.17) is 9.47 Å². The lowest BCUT2D eigenvalue weighted by atomic mass is 10.0. The normalized spacial score (nSPS) is 20.9. The maximum Gasteiger partial charge on any atom is 0.220 e. The number of halogens is 1. The molecule has 4 heteroatoms. The Morgan fingerprint density at radius 3 is 2.76 bits per heavy atom. The number of nitrogens with zero attached hydrogens (tertiary/aromatic N) is 1. The topological polar surface area (TPSA) is 31.4 Å². The van der Waals surface area contributed by atoms with Gasteiger partial charge in [-0.2, -0.15) is 0 Å². The third-order valence-corrected chi connectivity index (χ3v) is 4.91. The first-order chi connectivity index (χ1) is 10.2. The second-order valence-corrected chi connectivity index (χ2v) is 6.40. The molecule has 0 fully saturated rings. The molecule has 3 nitrogen and oxygen atoms in total. The summed E-state index contributed by atoms with van der Waals surface area (Å²) in [6, 6.07) is 1.98. The summed E-state index contributed by atoms with van der Waals surface area (Å²) in [5.41, 5.74) is 2.05.